The first-order valence-corrected chi connectivity index (χ1v) is 5.86. The summed E-state index contributed by atoms with van der Waals surface area (Å²) in [6, 6.07) is 2.84. The number of carbonyl (C=O) groups excluding carboxylic acids is 2. The molecule has 2 amide bonds. The number of aromatic nitrogens is 1. The zero-order valence-electron chi connectivity index (χ0n) is 10.7. The molecule has 0 saturated heterocycles. The van der Waals surface area contributed by atoms with Crippen LogP contribution in [0.3, 0.4) is 0 Å². The first-order chi connectivity index (χ1) is 8.76. The lowest BCUT2D eigenvalue weighted by Gasteiger charge is -2.20. The number of nitrogens with two attached hydrogens (primary N) is 2. The van der Waals surface area contributed by atoms with Crippen molar-refractivity contribution in [2.45, 2.75) is 13.8 Å². The molecule has 0 saturated carbocycles. The second kappa shape index (κ2) is 5.85. The number of hydrogen-bond acceptors (Lipinski definition) is 5. The number of anilines is 1. The Morgan fingerprint density at radius 3 is 2.58 bits per heavy atom. The summed E-state index contributed by atoms with van der Waals surface area (Å²) >= 11 is 5.75. The number of nitrogens with one attached hydrogen (secondary N) is 2. The Hall–Kier alpha value is -1.86. The fraction of sp³-hybridized carbons (Fsp3) is 0.364. The highest BCUT2D eigenvalue weighted by Crippen LogP contribution is 2.15. The second-order valence-electron chi connectivity index (χ2n) is 4.64. The van der Waals surface area contributed by atoms with Crippen LogP contribution in [-0.2, 0) is 4.79 Å². The van der Waals surface area contributed by atoms with Crippen molar-refractivity contribution < 1.29 is 9.59 Å². The third-order valence-electron chi connectivity index (χ3n) is 2.56. The van der Waals surface area contributed by atoms with Gasteiger partial charge >= 0.3 is 0 Å². The normalized spacial score (nSPS) is 10.9. The van der Waals surface area contributed by atoms with Gasteiger partial charge in [-0.15, -0.1) is 0 Å². The van der Waals surface area contributed by atoms with Crippen molar-refractivity contribution in [3.8, 4) is 0 Å². The Morgan fingerprint density at radius 2 is 2.05 bits per heavy atom. The summed E-state index contributed by atoms with van der Waals surface area (Å²) in [7, 11) is 0. The third kappa shape index (κ3) is 4.08. The molecule has 0 aliphatic heterocycles. The van der Waals surface area contributed by atoms with E-state index in [1.54, 1.807) is 13.8 Å². The number of halogens is 1. The Labute approximate surface area is 115 Å². The summed E-state index contributed by atoms with van der Waals surface area (Å²) in [6.07, 6.45) is 0. The molecular formula is C11H16ClN5O2. The molecule has 104 valence electrons. The molecule has 8 heteroatoms. The van der Waals surface area contributed by atoms with Crippen LogP contribution in [0.5, 0.6) is 0 Å². The van der Waals surface area contributed by atoms with Crippen LogP contribution in [0.25, 0.3) is 0 Å². The number of pyridine rings is 1. The zero-order chi connectivity index (χ0) is 14.6. The van der Waals surface area contributed by atoms with E-state index in [9.17, 15) is 9.59 Å². The number of amides is 2. The maximum absolute atomic E-state index is 11.9. The molecule has 6 N–H and O–H groups in total. The number of rotatable bonds is 5. The van der Waals surface area contributed by atoms with Gasteiger partial charge in [-0.3, -0.25) is 9.59 Å². The van der Waals surface area contributed by atoms with E-state index in [1.165, 1.54) is 12.1 Å². The molecule has 19 heavy (non-hydrogen) atoms. The Morgan fingerprint density at radius 1 is 1.42 bits per heavy atom. The molecule has 0 aliphatic rings. The third-order valence-corrected chi connectivity index (χ3v) is 2.76. The Balaban J connectivity index is 2.79. The van der Waals surface area contributed by atoms with Gasteiger partial charge in [-0.2, -0.15) is 0 Å². The highest BCUT2D eigenvalue weighted by atomic mass is 35.5. The van der Waals surface area contributed by atoms with Crippen LogP contribution in [0.2, 0.25) is 5.15 Å². The minimum Gasteiger partial charge on any atom is -0.369 e. The zero-order valence-corrected chi connectivity index (χ0v) is 11.4. The van der Waals surface area contributed by atoms with Crippen molar-refractivity contribution in [1.82, 2.24) is 10.3 Å². The SMILES string of the molecule is CC(C)(CNC(=O)c1cc(Cl)nc(NN)c1)C(N)=O. The topological polar surface area (TPSA) is 123 Å². The van der Waals surface area contributed by atoms with Crippen LogP contribution in [0.1, 0.15) is 24.2 Å². The van der Waals surface area contributed by atoms with Gasteiger partial charge in [0, 0.05) is 12.1 Å². The summed E-state index contributed by atoms with van der Waals surface area (Å²) in [6.45, 7) is 3.40. The predicted octanol–water partition coefficient (Wildman–Crippen LogP) is 0.262. The maximum Gasteiger partial charge on any atom is 0.251 e. The summed E-state index contributed by atoms with van der Waals surface area (Å²) in [5, 5.41) is 2.74. The molecule has 7 nitrogen and oxygen atoms in total. The van der Waals surface area contributed by atoms with E-state index in [2.05, 4.69) is 15.7 Å². The molecule has 0 radical (unpaired) electrons. The van der Waals surface area contributed by atoms with Crippen LogP contribution in [-0.4, -0.2) is 23.3 Å². The number of primary amides is 1. The van der Waals surface area contributed by atoms with E-state index in [1.807, 2.05) is 0 Å². The first kappa shape index (κ1) is 15.2. The second-order valence-corrected chi connectivity index (χ2v) is 5.03. The van der Waals surface area contributed by atoms with Crippen molar-refractivity contribution in [3.05, 3.63) is 22.8 Å². The number of carbonyl (C=O) groups is 2. The van der Waals surface area contributed by atoms with Gasteiger partial charge in [-0.05, 0) is 26.0 Å². The maximum atomic E-state index is 11.9. The Kier molecular flexibility index (Phi) is 4.68. The lowest BCUT2D eigenvalue weighted by molar-refractivity contribution is -0.125. The van der Waals surface area contributed by atoms with Crippen molar-refractivity contribution >= 4 is 29.2 Å². The van der Waals surface area contributed by atoms with Crippen LogP contribution in [0, 0.1) is 5.41 Å². The standard InChI is InChI=1S/C11H16ClN5O2/c1-11(2,10(13)19)5-15-9(18)6-3-7(12)16-8(4-6)17-14/h3-4H,5,14H2,1-2H3,(H2,13,19)(H,15,18)(H,16,17). The van der Waals surface area contributed by atoms with E-state index in [-0.39, 0.29) is 23.1 Å². The van der Waals surface area contributed by atoms with Crippen LogP contribution in [0.15, 0.2) is 12.1 Å². The molecule has 1 heterocycles. The molecule has 0 atom stereocenters. The highest BCUT2D eigenvalue weighted by molar-refractivity contribution is 6.29. The van der Waals surface area contributed by atoms with Gasteiger partial charge in [-0.25, -0.2) is 10.8 Å². The average molecular weight is 286 g/mol. The van der Waals surface area contributed by atoms with E-state index in [0.717, 1.165) is 0 Å². The highest BCUT2D eigenvalue weighted by Gasteiger charge is 2.25. The summed E-state index contributed by atoms with van der Waals surface area (Å²) in [4.78, 5) is 26.9. The molecule has 1 aromatic rings. The molecule has 0 aromatic carbocycles. The lowest BCUT2D eigenvalue weighted by Crippen LogP contribution is -2.42. The van der Waals surface area contributed by atoms with Crippen molar-refractivity contribution in [2.24, 2.45) is 17.0 Å². The van der Waals surface area contributed by atoms with Crippen LogP contribution < -0.4 is 22.3 Å². The Bertz CT molecular complexity index is 504. The van der Waals surface area contributed by atoms with Gasteiger partial charge in [0.1, 0.15) is 11.0 Å². The van der Waals surface area contributed by atoms with E-state index in [0.29, 0.717) is 0 Å². The molecule has 0 unspecified atom stereocenters. The molecule has 0 fully saturated rings. The number of hydrogen-bond donors (Lipinski definition) is 4. The van der Waals surface area contributed by atoms with Gasteiger partial charge in [0.2, 0.25) is 5.91 Å². The summed E-state index contributed by atoms with van der Waals surface area (Å²) in [5.41, 5.74) is 6.97. The number of nitrogen functional groups attached to an aromatic ring is 1. The fourth-order valence-corrected chi connectivity index (χ4v) is 1.40. The predicted molar refractivity (Wildman–Crippen MR) is 72.4 cm³/mol. The minimum absolute atomic E-state index is 0.118. The molecule has 1 aromatic heterocycles. The van der Waals surface area contributed by atoms with E-state index in [4.69, 9.17) is 23.2 Å². The summed E-state index contributed by atoms with van der Waals surface area (Å²) in [5.74, 6) is 4.59. The van der Waals surface area contributed by atoms with E-state index < -0.39 is 17.2 Å². The molecular weight excluding hydrogens is 270 g/mol. The first-order valence-electron chi connectivity index (χ1n) is 5.48. The van der Waals surface area contributed by atoms with Crippen LogP contribution in [0.4, 0.5) is 5.82 Å². The van der Waals surface area contributed by atoms with Crippen molar-refractivity contribution in [2.75, 3.05) is 12.0 Å². The lowest BCUT2D eigenvalue weighted by atomic mass is 9.92. The monoisotopic (exact) mass is 285 g/mol. The minimum atomic E-state index is -0.832. The van der Waals surface area contributed by atoms with Crippen molar-refractivity contribution in [3.63, 3.8) is 0 Å². The number of nitrogens with zero attached hydrogens (tertiary/aromatic N) is 1. The molecule has 0 spiro atoms. The van der Waals surface area contributed by atoms with Gasteiger partial charge in [0.15, 0.2) is 0 Å². The smallest absolute Gasteiger partial charge is 0.251 e. The number of hydrazine groups is 1. The molecule has 1 rings (SSSR count). The molecule has 0 bridgehead atoms. The van der Waals surface area contributed by atoms with Gasteiger partial charge < -0.3 is 16.5 Å². The summed E-state index contributed by atoms with van der Waals surface area (Å²) < 4.78 is 0. The van der Waals surface area contributed by atoms with Gasteiger partial charge in [0.25, 0.3) is 5.91 Å². The van der Waals surface area contributed by atoms with Crippen molar-refractivity contribution in [1.29, 1.82) is 0 Å². The quantitative estimate of drug-likeness (QED) is 0.351. The largest absolute Gasteiger partial charge is 0.369 e. The van der Waals surface area contributed by atoms with Crippen LogP contribution >= 0.6 is 11.6 Å². The average Bonchev–Trinajstić information content (AvgIpc) is 2.34. The van der Waals surface area contributed by atoms with E-state index >= 15 is 0 Å². The van der Waals surface area contributed by atoms with Gasteiger partial charge in [-0.1, -0.05) is 11.6 Å². The van der Waals surface area contributed by atoms with Gasteiger partial charge in [0.05, 0.1) is 5.41 Å². The molecule has 0 aliphatic carbocycles. The fourth-order valence-electron chi connectivity index (χ4n) is 1.19.